The van der Waals surface area contributed by atoms with E-state index in [1.165, 1.54) is 17.0 Å². The molecule has 1 aromatic heterocycles. The van der Waals surface area contributed by atoms with E-state index < -0.39 is 6.04 Å². The molecule has 1 aliphatic rings. The van der Waals surface area contributed by atoms with Gasteiger partial charge in [0.1, 0.15) is 5.82 Å². The van der Waals surface area contributed by atoms with Gasteiger partial charge in [-0.05, 0) is 55.8 Å². The molecule has 6 nitrogen and oxygen atoms in total. The smallest absolute Gasteiger partial charge is 0.326 e. The summed E-state index contributed by atoms with van der Waals surface area (Å²) in [6.45, 7) is 3.80. The van der Waals surface area contributed by atoms with Crippen molar-refractivity contribution in [3.05, 3.63) is 106 Å². The van der Waals surface area contributed by atoms with Gasteiger partial charge in [0, 0.05) is 16.3 Å². The predicted octanol–water partition coefficient (Wildman–Crippen LogP) is 6.54. The summed E-state index contributed by atoms with van der Waals surface area (Å²) in [7, 11) is 0. The van der Waals surface area contributed by atoms with Crippen LogP contribution < -0.4 is 10.2 Å². The first kappa shape index (κ1) is 21.9. The maximum atomic E-state index is 13.5. The van der Waals surface area contributed by atoms with Gasteiger partial charge in [0.2, 0.25) is 5.82 Å². The highest BCUT2D eigenvalue weighted by Gasteiger charge is 2.36. The van der Waals surface area contributed by atoms with E-state index in [2.05, 4.69) is 15.5 Å². The van der Waals surface area contributed by atoms with Gasteiger partial charge in [-0.3, -0.25) is 4.90 Å². The molecule has 1 unspecified atom stereocenters. The molecule has 4 aromatic rings. The van der Waals surface area contributed by atoms with Crippen molar-refractivity contribution >= 4 is 28.9 Å². The van der Waals surface area contributed by atoms with E-state index >= 15 is 0 Å². The molecule has 5 rings (SSSR count). The molecule has 0 aliphatic carbocycles. The van der Waals surface area contributed by atoms with Crippen LogP contribution in [0.5, 0.6) is 0 Å². The molecule has 170 valence electrons. The van der Waals surface area contributed by atoms with E-state index in [0.29, 0.717) is 33.4 Å². The Kier molecular flexibility index (Phi) is 5.63. The number of aryl methyl sites for hydroxylation is 1. The zero-order chi connectivity index (χ0) is 23.8. The summed E-state index contributed by atoms with van der Waals surface area (Å²) in [5.41, 5.74) is 4.45. The van der Waals surface area contributed by atoms with E-state index in [0.717, 1.165) is 11.1 Å². The lowest BCUT2D eigenvalue weighted by molar-refractivity contribution is 0.244. The van der Waals surface area contributed by atoms with Gasteiger partial charge in [0.25, 0.3) is 5.89 Å². The number of nitrogens with zero attached hydrogens (tertiary/aromatic N) is 3. The Morgan fingerprint density at radius 3 is 2.47 bits per heavy atom. The number of hydrogen-bond acceptors (Lipinski definition) is 4. The first-order chi connectivity index (χ1) is 16.4. The third kappa shape index (κ3) is 4.06. The number of carbonyl (C=O) groups is 1. The molecular formula is C26H20ClFN4O2. The summed E-state index contributed by atoms with van der Waals surface area (Å²) in [5.74, 6) is 0.263. The molecule has 1 aliphatic heterocycles. The van der Waals surface area contributed by atoms with Gasteiger partial charge in [-0.25, -0.2) is 9.18 Å². The zero-order valence-corrected chi connectivity index (χ0v) is 19.2. The largest absolute Gasteiger partial charge is 0.334 e. The highest BCUT2D eigenvalue weighted by Crippen LogP contribution is 2.39. The van der Waals surface area contributed by atoms with Crippen LogP contribution in [-0.2, 0) is 0 Å². The fourth-order valence-electron chi connectivity index (χ4n) is 4.01. The number of carbonyl (C=O) groups excluding carboxylic acids is 1. The lowest BCUT2D eigenvalue weighted by Crippen LogP contribution is -2.46. The standard InChI is InChI=1S/C26H20ClFN4O2/c1-15-6-8-17(9-7-15)23-22(25-30-24(31-34-25)18-4-3-5-19(27)14-18)16(2)32(26(33)29-23)21-12-10-20(28)11-13-21/h3-14,23H,1-2H3,(H,29,33). The van der Waals surface area contributed by atoms with Gasteiger partial charge in [-0.2, -0.15) is 4.98 Å². The summed E-state index contributed by atoms with van der Waals surface area (Å²) in [4.78, 5) is 19.3. The van der Waals surface area contributed by atoms with Crippen molar-refractivity contribution in [1.82, 2.24) is 15.5 Å². The quantitative estimate of drug-likeness (QED) is 0.364. The lowest BCUT2D eigenvalue weighted by atomic mass is 9.94. The predicted molar refractivity (Wildman–Crippen MR) is 129 cm³/mol. The molecule has 2 heterocycles. The van der Waals surface area contributed by atoms with Crippen LogP contribution in [0.3, 0.4) is 0 Å². The van der Waals surface area contributed by atoms with Crippen LogP contribution in [0.1, 0.15) is 30.0 Å². The Morgan fingerprint density at radius 1 is 1.03 bits per heavy atom. The first-order valence-electron chi connectivity index (χ1n) is 10.6. The van der Waals surface area contributed by atoms with Gasteiger partial charge in [0.05, 0.1) is 17.3 Å². The Labute approximate surface area is 200 Å². The van der Waals surface area contributed by atoms with Crippen LogP contribution in [0.15, 0.2) is 83.0 Å². The van der Waals surface area contributed by atoms with Crippen LogP contribution in [0.2, 0.25) is 5.02 Å². The number of rotatable bonds is 4. The lowest BCUT2D eigenvalue weighted by Gasteiger charge is -2.35. The average molecular weight is 475 g/mol. The van der Waals surface area contributed by atoms with Crippen molar-refractivity contribution in [3.63, 3.8) is 0 Å². The topological polar surface area (TPSA) is 71.3 Å². The second-order valence-electron chi connectivity index (χ2n) is 8.04. The van der Waals surface area contributed by atoms with Crippen molar-refractivity contribution in [2.24, 2.45) is 0 Å². The van der Waals surface area contributed by atoms with Gasteiger partial charge in [0.15, 0.2) is 0 Å². The number of anilines is 1. The molecule has 0 bridgehead atoms. The van der Waals surface area contributed by atoms with Crippen molar-refractivity contribution in [1.29, 1.82) is 0 Å². The zero-order valence-electron chi connectivity index (χ0n) is 18.4. The van der Waals surface area contributed by atoms with Crippen LogP contribution in [0.25, 0.3) is 17.0 Å². The number of hydrogen-bond donors (Lipinski definition) is 1. The van der Waals surface area contributed by atoms with Crippen LogP contribution in [0.4, 0.5) is 14.9 Å². The van der Waals surface area contributed by atoms with Gasteiger partial charge in [-0.15, -0.1) is 0 Å². The maximum absolute atomic E-state index is 13.5. The van der Waals surface area contributed by atoms with E-state index in [-0.39, 0.29) is 17.7 Å². The number of halogens is 2. The highest BCUT2D eigenvalue weighted by molar-refractivity contribution is 6.30. The number of amides is 2. The minimum atomic E-state index is -0.516. The van der Waals surface area contributed by atoms with Crippen molar-refractivity contribution < 1.29 is 13.7 Å². The number of urea groups is 1. The summed E-state index contributed by atoms with van der Waals surface area (Å²) in [6, 6.07) is 19.9. The first-order valence-corrected chi connectivity index (χ1v) is 11.0. The Hall–Kier alpha value is -3.97. The Morgan fingerprint density at radius 2 is 1.76 bits per heavy atom. The van der Waals surface area contributed by atoms with E-state index in [1.54, 1.807) is 24.3 Å². The summed E-state index contributed by atoms with van der Waals surface area (Å²) < 4.78 is 19.2. The Bertz CT molecular complexity index is 1400. The summed E-state index contributed by atoms with van der Waals surface area (Å²) >= 11 is 6.13. The minimum Gasteiger partial charge on any atom is -0.334 e. The number of nitrogens with one attached hydrogen (secondary N) is 1. The fraction of sp³-hybridized carbons (Fsp3) is 0.115. The van der Waals surface area contributed by atoms with E-state index in [9.17, 15) is 9.18 Å². The summed E-state index contributed by atoms with van der Waals surface area (Å²) in [6.07, 6.45) is 0. The highest BCUT2D eigenvalue weighted by atomic mass is 35.5. The van der Waals surface area contributed by atoms with Crippen LogP contribution >= 0.6 is 11.6 Å². The molecule has 8 heteroatoms. The molecule has 3 aromatic carbocycles. The fourth-order valence-corrected chi connectivity index (χ4v) is 4.20. The monoisotopic (exact) mass is 474 g/mol. The second kappa shape index (κ2) is 8.76. The third-order valence-corrected chi connectivity index (χ3v) is 5.95. The Balaban J connectivity index is 1.65. The van der Waals surface area contributed by atoms with Crippen LogP contribution in [0, 0.1) is 12.7 Å². The van der Waals surface area contributed by atoms with Crippen molar-refractivity contribution in [3.8, 4) is 11.4 Å². The maximum Gasteiger partial charge on any atom is 0.326 e. The normalized spacial score (nSPS) is 16.1. The molecule has 0 saturated heterocycles. The molecule has 1 atom stereocenters. The molecule has 0 radical (unpaired) electrons. The SMILES string of the molecule is CC1=C(c2nc(-c3cccc(Cl)c3)no2)C(c2ccc(C)cc2)NC(=O)N1c1ccc(F)cc1. The van der Waals surface area contributed by atoms with E-state index in [1.807, 2.05) is 50.2 Å². The average Bonchev–Trinajstić information content (AvgIpc) is 3.30. The molecule has 34 heavy (non-hydrogen) atoms. The van der Waals surface area contributed by atoms with Gasteiger partial charge < -0.3 is 9.84 Å². The molecule has 0 fully saturated rings. The van der Waals surface area contributed by atoms with E-state index in [4.69, 9.17) is 16.1 Å². The van der Waals surface area contributed by atoms with Gasteiger partial charge in [-0.1, -0.05) is 58.7 Å². The molecule has 0 saturated carbocycles. The van der Waals surface area contributed by atoms with Crippen LogP contribution in [-0.4, -0.2) is 16.2 Å². The second-order valence-corrected chi connectivity index (χ2v) is 8.47. The minimum absolute atomic E-state index is 0.269. The number of benzene rings is 3. The summed E-state index contributed by atoms with van der Waals surface area (Å²) in [5, 5.41) is 7.75. The van der Waals surface area contributed by atoms with Gasteiger partial charge >= 0.3 is 6.03 Å². The molecule has 0 spiro atoms. The number of aromatic nitrogens is 2. The molecular weight excluding hydrogens is 455 g/mol. The molecule has 1 N–H and O–H groups in total. The molecule has 2 amide bonds. The van der Waals surface area contributed by atoms with Crippen molar-refractivity contribution in [2.45, 2.75) is 19.9 Å². The number of allylic oxidation sites excluding steroid dienone is 1. The third-order valence-electron chi connectivity index (χ3n) is 5.72. The van der Waals surface area contributed by atoms with Crippen molar-refractivity contribution in [2.75, 3.05) is 4.90 Å².